The van der Waals surface area contributed by atoms with E-state index < -0.39 is 32.4 Å². The minimum absolute atomic E-state index is 0.130. The molecule has 0 amide bonds. The Morgan fingerprint density at radius 3 is 2.40 bits per heavy atom. The summed E-state index contributed by atoms with van der Waals surface area (Å²) >= 11 is 0. The van der Waals surface area contributed by atoms with Crippen molar-refractivity contribution in [2.24, 2.45) is 16.7 Å². The number of alkyl halides is 3. The molecule has 3 rings (SSSR count). The molecule has 0 spiro atoms. The zero-order chi connectivity index (χ0) is 18.7. The van der Waals surface area contributed by atoms with E-state index in [1.807, 2.05) is 20.8 Å². The quantitative estimate of drug-likeness (QED) is 0.546. The molecular weight excluding hydrogens is 361 g/mol. The second-order valence-corrected chi connectivity index (χ2v) is 9.28. The Hall–Kier alpha value is -0.800. The maximum absolute atomic E-state index is 12.6. The molecule has 9 heteroatoms. The fourth-order valence-corrected chi connectivity index (χ4v) is 4.66. The van der Waals surface area contributed by atoms with E-state index in [1.165, 1.54) is 6.08 Å². The summed E-state index contributed by atoms with van der Waals surface area (Å²) in [6, 6.07) is 0. The third-order valence-electron chi connectivity index (χ3n) is 6.11. The molecule has 1 saturated heterocycles. The highest BCUT2D eigenvalue weighted by Gasteiger charge is 2.65. The molecule has 4 atom stereocenters. The van der Waals surface area contributed by atoms with Crippen molar-refractivity contribution >= 4 is 10.1 Å². The summed E-state index contributed by atoms with van der Waals surface area (Å²) in [6.45, 7) is 6.30. The van der Waals surface area contributed by atoms with Crippen LogP contribution >= 0.6 is 0 Å². The van der Waals surface area contributed by atoms with E-state index in [0.29, 0.717) is 13.0 Å². The molecule has 3 aliphatic rings. The standard InChI is InChI=1S/C16H23F3O5S/c1-14(2)10-8-12(23-13-6-4-5-7-22-13)15(14,3)9-11(10)24-25(20,21)16(17,18)19/h9-10,12-13H,4-8H2,1-3H3/t10-,12-,13?,15-/m1/s1. The summed E-state index contributed by atoms with van der Waals surface area (Å²) in [5.74, 6) is -0.586. The van der Waals surface area contributed by atoms with Crippen molar-refractivity contribution in [3.05, 3.63) is 11.8 Å². The fraction of sp³-hybridized carbons (Fsp3) is 0.875. The molecule has 2 fully saturated rings. The van der Waals surface area contributed by atoms with Crippen molar-refractivity contribution in [2.75, 3.05) is 6.61 Å². The van der Waals surface area contributed by atoms with Gasteiger partial charge in [-0.2, -0.15) is 21.6 Å². The van der Waals surface area contributed by atoms with Crippen molar-refractivity contribution in [1.29, 1.82) is 0 Å². The van der Waals surface area contributed by atoms with E-state index in [-0.39, 0.29) is 18.2 Å². The van der Waals surface area contributed by atoms with Crippen molar-refractivity contribution in [1.82, 2.24) is 0 Å². The van der Waals surface area contributed by atoms with Crippen molar-refractivity contribution in [3.63, 3.8) is 0 Å². The maximum Gasteiger partial charge on any atom is 0.534 e. The van der Waals surface area contributed by atoms with E-state index in [4.69, 9.17) is 9.47 Å². The Morgan fingerprint density at radius 2 is 1.92 bits per heavy atom. The van der Waals surface area contributed by atoms with Gasteiger partial charge in [0.2, 0.25) is 0 Å². The average molecular weight is 384 g/mol. The highest BCUT2D eigenvalue weighted by molar-refractivity contribution is 7.87. The molecule has 0 aromatic heterocycles. The van der Waals surface area contributed by atoms with Gasteiger partial charge in [0.15, 0.2) is 6.29 Å². The Kier molecular flexibility index (Phi) is 4.44. The van der Waals surface area contributed by atoms with Gasteiger partial charge in [-0.3, -0.25) is 0 Å². The second kappa shape index (κ2) is 5.85. The van der Waals surface area contributed by atoms with Crippen LogP contribution in [0.25, 0.3) is 0 Å². The van der Waals surface area contributed by atoms with Crippen molar-refractivity contribution in [3.8, 4) is 0 Å². The summed E-state index contributed by atoms with van der Waals surface area (Å²) in [5.41, 5.74) is -6.55. The molecular formula is C16H23F3O5S. The first-order valence-corrected chi connectivity index (χ1v) is 9.80. The second-order valence-electron chi connectivity index (χ2n) is 7.74. The molecule has 0 aromatic carbocycles. The molecule has 1 saturated carbocycles. The van der Waals surface area contributed by atoms with E-state index in [1.54, 1.807) is 0 Å². The van der Waals surface area contributed by atoms with Gasteiger partial charge in [0.1, 0.15) is 5.76 Å². The zero-order valence-electron chi connectivity index (χ0n) is 14.4. The zero-order valence-corrected chi connectivity index (χ0v) is 15.2. The van der Waals surface area contributed by atoms with E-state index in [0.717, 1.165) is 19.3 Å². The molecule has 25 heavy (non-hydrogen) atoms. The molecule has 0 N–H and O–H groups in total. The third kappa shape index (κ3) is 2.98. The van der Waals surface area contributed by atoms with Crippen LogP contribution in [0.1, 0.15) is 46.5 Å². The highest BCUT2D eigenvalue weighted by atomic mass is 32.2. The lowest BCUT2D eigenvalue weighted by Gasteiger charge is -2.39. The van der Waals surface area contributed by atoms with Gasteiger partial charge in [-0.15, -0.1) is 0 Å². The summed E-state index contributed by atoms with van der Waals surface area (Å²) in [6.07, 6.45) is 4.12. The number of ether oxygens (including phenoxy) is 2. The topological polar surface area (TPSA) is 61.8 Å². The third-order valence-corrected chi connectivity index (χ3v) is 7.09. The molecule has 1 aliphatic heterocycles. The van der Waals surface area contributed by atoms with Crippen LogP contribution in [0.15, 0.2) is 11.8 Å². The molecule has 5 nitrogen and oxygen atoms in total. The molecule has 1 heterocycles. The van der Waals surface area contributed by atoms with Gasteiger partial charge in [0.05, 0.1) is 6.10 Å². The number of fused-ring (bicyclic) bond motifs is 2. The first-order chi connectivity index (χ1) is 11.4. The van der Waals surface area contributed by atoms with Gasteiger partial charge in [-0.1, -0.05) is 20.8 Å². The van der Waals surface area contributed by atoms with Gasteiger partial charge < -0.3 is 13.7 Å². The number of allylic oxidation sites excluding steroid dienone is 1. The maximum atomic E-state index is 12.6. The van der Waals surface area contributed by atoms with E-state index in [9.17, 15) is 21.6 Å². The summed E-state index contributed by atoms with van der Waals surface area (Å²) in [4.78, 5) is 0. The summed E-state index contributed by atoms with van der Waals surface area (Å²) in [5, 5.41) is 0. The molecule has 0 radical (unpaired) electrons. The lowest BCUT2D eigenvalue weighted by Crippen LogP contribution is -2.39. The van der Waals surface area contributed by atoms with Gasteiger partial charge in [-0.05, 0) is 37.2 Å². The van der Waals surface area contributed by atoms with Crippen LogP contribution in [0.4, 0.5) is 13.2 Å². The van der Waals surface area contributed by atoms with Crippen LogP contribution in [-0.2, 0) is 23.8 Å². The van der Waals surface area contributed by atoms with Crippen LogP contribution in [-0.4, -0.2) is 32.9 Å². The Bertz CT molecular complexity index is 664. The Morgan fingerprint density at radius 1 is 1.24 bits per heavy atom. The molecule has 144 valence electrons. The minimum Gasteiger partial charge on any atom is -0.381 e. The predicted octanol–water partition coefficient (Wildman–Crippen LogP) is 3.71. The van der Waals surface area contributed by atoms with Crippen molar-refractivity contribution in [2.45, 2.75) is 64.4 Å². The molecule has 1 unspecified atom stereocenters. The Labute approximate surface area is 145 Å². The van der Waals surface area contributed by atoms with Crippen molar-refractivity contribution < 1.29 is 35.2 Å². The van der Waals surface area contributed by atoms with E-state index in [2.05, 4.69) is 4.18 Å². The molecule has 0 aromatic rings. The van der Waals surface area contributed by atoms with Gasteiger partial charge in [-0.25, -0.2) is 0 Å². The lowest BCUT2D eigenvalue weighted by molar-refractivity contribution is -0.205. The van der Waals surface area contributed by atoms with Crippen LogP contribution < -0.4 is 0 Å². The summed E-state index contributed by atoms with van der Waals surface area (Å²) in [7, 11) is -5.66. The average Bonchev–Trinajstić information content (AvgIpc) is 2.77. The van der Waals surface area contributed by atoms with Crippen LogP contribution in [0.2, 0.25) is 0 Å². The molecule has 2 aliphatic carbocycles. The monoisotopic (exact) mass is 384 g/mol. The predicted molar refractivity (Wildman–Crippen MR) is 82.6 cm³/mol. The molecule has 2 bridgehead atoms. The smallest absolute Gasteiger partial charge is 0.381 e. The number of hydrogen-bond donors (Lipinski definition) is 0. The first kappa shape index (κ1) is 19.0. The fourth-order valence-electron chi connectivity index (χ4n) is 4.15. The van der Waals surface area contributed by atoms with Crippen LogP contribution in [0.5, 0.6) is 0 Å². The van der Waals surface area contributed by atoms with E-state index >= 15 is 0 Å². The van der Waals surface area contributed by atoms with Gasteiger partial charge in [0, 0.05) is 17.9 Å². The van der Waals surface area contributed by atoms with Crippen LogP contribution in [0.3, 0.4) is 0 Å². The largest absolute Gasteiger partial charge is 0.534 e. The van der Waals surface area contributed by atoms with Gasteiger partial charge in [0.25, 0.3) is 0 Å². The Balaban J connectivity index is 1.81. The summed E-state index contributed by atoms with van der Waals surface area (Å²) < 4.78 is 76.7. The number of hydrogen-bond acceptors (Lipinski definition) is 5. The van der Waals surface area contributed by atoms with Crippen LogP contribution in [0, 0.1) is 16.7 Å². The SMILES string of the molecule is CC1(C)[C@@H]2C[C@@H](OC3CCCCO3)[C@@]1(C)C=C2OS(=O)(=O)C(F)(F)F. The van der Waals surface area contributed by atoms with Gasteiger partial charge >= 0.3 is 15.6 Å². The lowest BCUT2D eigenvalue weighted by atomic mass is 9.69. The number of halogens is 3. The normalized spacial score (nSPS) is 37.8. The first-order valence-electron chi connectivity index (χ1n) is 8.39. The minimum atomic E-state index is -5.66. The highest BCUT2D eigenvalue weighted by Crippen LogP contribution is 2.65. The number of rotatable bonds is 4.